The second kappa shape index (κ2) is 16.0. The van der Waals surface area contributed by atoms with Crippen molar-refractivity contribution in [1.29, 1.82) is 0 Å². The van der Waals surface area contributed by atoms with Crippen molar-refractivity contribution in [1.82, 2.24) is 0 Å². The molecular weight excluding hydrogens is 460 g/mol. The lowest BCUT2D eigenvalue weighted by Crippen LogP contribution is -2.11. The van der Waals surface area contributed by atoms with Crippen molar-refractivity contribution in [3.05, 3.63) is 66.2 Å². The summed E-state index contributed by atoms with van der Waals surface area (Å²) in [4.78, 5) is 12.7. The molecule has 0 fully saturated rings. The fourth-order valence-corrected chi connectivity index (χ4v) is 4.42. The van der Waals surface area contributed by atoms with E-state index >= 15 is 0 Å². The van der Waals surface area contributed by atoms with Crippen LogP contribution >= 0.6 is 0 Å². The Kier molecular flexibility index (Phi) is 12.3. The molecule has 0 aliphatic carbocycles. The molecule has 0 bridgehead atoms. The van der Waals surface area contributed by atoms with Gasteiger partial charge in [-0.05, 0) is 85.5 Å². The van der Waals surface area contributed by atoms with Crippen LogP contribution in [0.25, 0.3) is 10.8 Å². The molecule has 0 saturated heterocycles. The second-order valence-electron chi connectivity index (χ2n) is 9.98. The third-order valence-corrected chi connectivity index (χ3v) is 6.65. The lowest BCUT2D eigenvalue weighted by Gasteiger charge is -2.15. The highest BCUT2D eigenvalue weighted by Gasteiger charge is 2.11. The number of fused-ring (bicyclic) bond motifs is 1. The SMILES string of the molecule is CCCCCCCCOc1ccc2cc(C(=O)Oc3ccc(OC(C)CCCCCC)cc3)ccc2c1. The molecule has 0 heterocycles. The van der Waals surface area contributed by atoms with Crippen molar-refractivity contribution in [3.63, 3.8) is 0 Å². The first kappa shape index (κ1) is 28.6. The van der Waals surface area contributed by atoms with Gasteiger partial charge in [-0.15, -0.1) is 0 Å². The summed E-state index contributed by atoms with van der Waals surface area (Å²) in [5.41, 5.74) is 0.522. The van der Waals surface area contributed by atoms with Gasteiger partial charge in [-0.2, -0.15) is 0 Å². The number of benzene rings is 3. The number of esters is 1. The van der Waals surface area contributed by atoms with Crippen LogP contribution in [0.15, 0.2) is 60.7 Å². The summed E-state index contributed by atoms with van der Waals surface area (Å²) >= 11 is 0. The number of unbranched alkanes of at least 4 members (excludes halogenated alkanes) is 8. The van der Waals surface area contributed by atoms with E-state index in [0.717, 1.165) is 41.7 Å². The van der Waals surface area contributed by atoms with Gasteiger partial charge >= 0.3 is 5.97 Å². The third-order valence-electron chi connectivity index (χ3n) is 6.65. The average Bonchev–Trinajstić information content (AvgIpc) is 2.91. The van der Waals surface area contributed by atoms with Gasteiger partial charge in [0.2, 0.25) is 0 Å². The minimum absolute atomic E-state index is 0.171. The van der Waals surface area contributed by atoms with Gasteiger partial charge < -0.3 is 14.2 Å². The molecule has 3 rings (SSSR count). The lowest BCUT2D eigenvalue weighted by atomic mass is 10.1. The quantitative estimate of drug-likeness (QED) is 0.104. The molecule has 0 N–H and O–H groups in total. The van der Waals surface area contributed by atoms with E-state index in [9.17, 15) is 4.79 Å². The molecule has 3 aromatic carbocycles. The fourth-order valence-electron chi connectivity index (χ4n) is 4.42. The number of rotatable bonds is 17. The highest BCUT2D eigenvalue weighted by molar-refractivity contribution is 5.96. The molecule has 0 radical (unpaired) electrons. The molecule has 1 atom stereocenters. The van der Waals surface area contributed by atoms with E-state index in [1.807, 2.05) is 42.5 Å². The zero-order valence-electron chi connectivity index (χ0n) is 23.0. The minimum atomic E-state index is -0.372. The van der Waals surface area contributed by atoms with Crippen LogP contribution in [-0.4, -0.2) is 18.7 Å². The van der Waals surface area contributed by atoms with Gasteiger partial charge in [-0.1, -0.05) is 77.3 Å². The number of hydrogen-bond acceptors (Lipinski definition) is 4. The predicted molar refractivity (Wildman–Crippen MR) is 153 cm³/mol. The Morgan fingerprint density at radius 1 is 0.676 bits per heavy atom. The predicted octanol–water partition coefficient (Wildman–Crippen LogP) is 9.54. The number of ether oxygens (including phenoxy) is 3. The number of carbonyl (C=O) groups is 1. The summed E-state index contributed by atoms with van der Waals surface area (Å²) in [5.74, 6) is 1.80. The maximum absolute atomic E-state index is 12.7. The smallest absolute Gasteiger partial charge is 0.343 e. The average molecular weight is 505 g/mol. The molecule has 37 heavy (non-hydrogen) atoms. The Balaban J connectivity index is 1.47. The maximum atomic E-state index is 12.7. The van der Waals surface area contributed by atoms with E-state index in [0.29, 0.717) is 11.3 Å². The van der Waals surface area contributed by atoms with Crippen molar-refractivity contribution in [2.45, 2.75) is 97.5 Å². The standard InChI is InChI=1S/C33H44O4/c1-4-6-8-10-11-13-23-35-32-18-17-27-24-29(16-15-28(27)25-32)33(34)37-31-21-19-30(20-22-31)36-26(3)14-12-9-7-5-2/h15-22,24-26H,4-14,23H2,1-3H3. The van der Waals surface area contributed by atoms with Gasteiger partial charge in [0.25, 0.3) is 0 Å². The van der Waals surface area contributed by atoms with Crippen LogP contribution in [0.1, 0.15) is 102 Å². The molecule has 0 aliphatic rings. The molecule has 200 valence electrons. The van der Waals surface area contributed by atoms with Crippen LogP contribution in [0.5, 0.6) is 17.2 Å². The number of carbonyl (C=O) groups excluding carboxylic acids is 1. The maximum Gasteiger partial charge on any atom is 0.343 e. The molecule has 3 aromatic rings. The Hall–Kier alpha value is -3.01. The van der Waals surface area contributed by atoms with E-state index in [2.05, 4.69) is 20.8 Å². The molecule has 0 aromatic heterocycles. The monoisotopic (exact) mass is 504 g/mol. The van der Waals surface area contributed by atoms with Crippen LogP contribution < -0.4 is 14.2 Å². The van der Waals surface area contributed by atoms with Gasteiger partial charge in [0.15, 0.2) is 0 Å². The van der Waals surface area contributed by atoms with Crippen LogP contribution in [0.2, 0.25) is 0 Å². The van der Waals surface area contributed by atoms with E-state index < -0.39 is 0 Å². The van der Waals surface area contributed by atoms with E-state index in [1.165, 1.54) is 57.8 Å². The zero-order chi connectivity index (χ0) is 26.3. The minimum Gasteiger partial charge on any atom is -0.494 e. The van der Waals surface area contributed by atoms with Gasteiger partial charge in [0.1, 0.15) is 17.2 Å². The first-order chi connectivity index (χ1) is 18.1. The van der Waals surface area contributed by atoms with Crippen molar-refractivity contribution < 1.29 is 19.0 Å². The van der Waals surface area contributed by atoms with Crippen LogP contribution in [0, 0.1) is 0 Å². The van der Waals surface area contributed by atoms with Gasteiger partial charge in [-0.3, -0.25) is 0 Å². The molecule has 0 amide bonds. The van der Waals surface area contributed by atoms with E-state index in [-0.39, 0.29) is 12.1 Å². The Morgan fingerprint density at radius 3 is 2.03 bits per heavy atom. The van der Waals surface area contributed by atoms with Crippen molar-refractivity contribution in [2.24, 2.45) is 0 Å². The Labute approximate surface area is 223 Å². The fraction of sp³-hybridized carbons (Fsp3) is 0.485. The van der Waals surface area contributed by atoms with E-state index in [1.54, 1.807) is 18.2 Å². The lowest BCUT2D eigenvalue weighted by molar-refractivity contribution is 0.0734. The molecular formula is C33H44O4. The first-order valence-electron chi connectivity index (χ1n) is 14.2. The van der Waals surface area contributed by atoms with E-state index in [4.69, 9.17) is 14.2 Å². The van der Waals surface area contributed by atoms with Crippen molar-refractivity contribution >= 4 is 16.7 Å². The topological polar surface area (TPSA) is 44.8 Å². The van der Waals surface area contributed by atoms with Crippen LogP contribution in [0.3, 0.4) is 0 Å². The second-order valence-corrected chi connectivity index (χ2v) is 9.98. The number of hydrogen-bond donors (Lipinski definition) is 0. The summed E-state index contributed by atoms with van der Waals surface area (Å²) in [5, 5.41) is 2.03. The van der Waals surface area contributed by atoms with Crippen molar-refractivity contribution in [3.8, 4) is 17.2 Å². The van der Waals surface area contributed by atoms with Crippen molar-refractivity contribution in [2.75, 3.05) is 6.61 Å². The van der Waals surface area contributed by atoms with Crippen LogP contribution in [-0.2, 0) is 0 Å². The summed E-state index contributed by atoms with van der Waals surface area (Å²) in [7, 11) is 0. The van der Waals surface area contributed by atoms with Gasteiger partial charge in [0.05, 0.1) is 18.3 Å². The molecule has 0 spiro atoms. The molecule has 1 unspecified atom stereocenters. The Morgan fingerprint density at radius 2 is 1.27 bits per heavy atom. The summed E-state index contributed by atoms with van der Waals surface area (Å²) < 4.78 is 17.5. The molecule has 4 heteroatoms. The normalized spacial score (nSPS) is 11.9. The zero-order valence-corrected chi connectivity index (χ0v) is 23.0. The molecule has 0 aliphatic heterocycles. The van der Waals surface area contributed by atoms with Gasteiger partial charge in [0, 0.05) is 0 Å². The van der Waals surface area contributed by atoms with Crippen LogP contribution in [0.4, 0.5) is 0 Å². The first-order valence-corrected chi connectivity index (χ1v) is 14.2. The highest BCUT2D eigenvalue weighted by Crippen LogP contribution is 2.24. The summed E-state index contributed by atoms with van der Waals surface area (Å²) in [6, 6.07) is 18.9. The molecule has 4 nitrogen and oxygen atoms in total. The van der Waals surface area contributed by atoms with Gasteiger partial charge in [-0.25, -0.2) is 4.79 Å². The summed E-state index contributed by atoms with van der Waals surface area (Å²) in [6.45, 7) is 7.30. The highest BCUT2D eigenvalue weighted by atomic mass is 16.5. The summed E-state index contributed by atoms with van der Waals surface area (Å²) in [6.07, 6.45) is 13.7. The Bertz CT molecular complexity index is 1070. The largest absolute Gasteiger partial charge is 0.494 e. The third kappa shape index (κ3) is 10.1. The molecule has 0 saturated carbocycles.